The molecule has 8 nitrogen and oxygen atoms in total. The molecule has 2 heterocycles. The van der Waals surface area contributed by atoms with Crippen molar-refractivity contribution in [1.82, 2.24) is 9.55 Å². The van der Waals surface area contributed by atoms with E-state index in [0.717, 1.165) is 41.1 Å². The average molecular weight is 497 g/mol. The average Bonchev–Trinajstić information content (AvgIpc) is 3.26. The first kappa shape index (κ1) is 23.3. The molecule has 0 unspecified atom stereocenters. The maximum Gasteiger partial charge on any atom is 0.271 e. The molecular weight excluding hydrogens is 479 g/mol. The minimum atomic E-state index is -0.793. The van der Waals surface area contributed by atoms with Crippen LogP contribution < -0.4 is 10.9 Å². The summed E-state index contributed by atoms with van der Waals surface area (Å²) in [5.41, 5.74) is 0.793. The fraction of sp³-hybridized carbons (Fsp3) is 0.0870. The van der Waals surface area contributed by atoms with E-state index in [0.29, 0.717) is 15.4 Å². The van der Waals surface area contributed by atoms with Crippen LogP contribution in [0.1, 0.15) is 0 Å². The van der Waals surface area contributed by atoms with Gasteiger partial charge in [-0.3, -0.25) is 24.3 Å². The molecule has 34 heavy (non-hydrogen) atoms. The van der Waals surface area contributed by atoms with Crippen LogP contribution in [0, 0.1) is 15.9 Å². The molecule has 4 rings (SSSR count). The number of aromatic nitrogens is 2. The molecule has 1 N–H and O–H groups in total. The van der Waals surface area contributed by atoms with Crippen molar-refractivity contribution in [3.63, 3.8) is 0 Å². The van der Waals surface area contributed by atoms with Crippen LogP contribution in [0.5, 0.6) is 0 Å². The number of halogens is 1. The van der Waals surface area contributed by atoms with E-state index in [2.05, 4.69) is 16.9 Å². The van der Waals surface area contributed by atoms with Crippen molar-refractivity contribution in [3.8, 4) is 11.1 Å². The highest BCUT2D eigenvalue weighted by atomic mass is 32.2. The van der Waals surface area contributed by atoms with Crippen molar-refractivity contribution in [2.75, 3.05) is 11.1 Å². The summed E-state index contributed by atoms with van der Waals surface area (Å²) in [7, 11) is 0. The molecule has 0 aliphatic carbocycles. The summed E-state index contributed by atoms with van der Waals surface area (Å²) < 4.78 is 15.4. The lowest BCUT2D eigenvalue weighted by atomic mass is 10.1. The van der Waals surface area contributed by atoms with Crippen LogP contribution in [0.2, 0.25) is 0 Å². The SMILES string of the molecule is C=CCn1c(SCC(=O)Nc2cc([N+](=O)[O-])ccc2F)nc2scc(-c3ccccc3)c2c1=O. The van der Waals surface area contributed by atoms with E-state index in [1.54, 1.807) is 6.08 Å². The van der Waals surface area contributed by atoms with Gasteiger partial charge in [-0.25, -0.2) is 9.37 Å². The lowest BCUT2D eigenvalue weighted by Crippen LogP contribution is -2.23. The molecule has 0 bridgehead atoms. The molecule has 11 heteroatoms. The number of hydrogen-bond donors (Lipinski definition) is 1. The molecule has 0 aliphatic heterocycles. The number of thioether (sulfide) groups is 1. The molecule has 0 saturated heterocycles. The number of thiophene rings is 1. The van der Waals surface area contributed by atoms with Crippen molar-refractivity contribution in [2.45, 2.75) is 11.7 Å². The third-order valence-corrected chi connectivity index (χ3v) is 6.67. The number of allylic oxidation sites excluding steroid dienone is 1. The number of nitrogens with one attached hydrogen (secondary N) is 1. The Kier molecular flexibility index (Phi) is 6.85. The lowest BCUT2D eigenvalue weighted by Gasteiger charge is -2.11. The molecule has 0 aliphatic rings. The first-order valence-electron chi connectivity index (χ1n) is 9.94. The quantitative estimate of drug-likeness (QED) is 0.120. The predicted molar refractivity (Wildman–Crippen MR) is 132 cm³/mol. The molecule has 4 aromatic rings. The molecule has 2 aromatic heterocycles. The van der Waals surface area contributed by atoms with Crippen LogP contribution >= 0.6 is 23.1 Å². The fourth-order valence-electron chi connectivity index (χ4n) is 3.28. The monoisotopic (exact) mass is 496 g/mol. The molecule has 0 fully saturated rings. The van der Waals surface area contributed by atoms with Crippen molar-refractivity contribution in [2.24, 2.45) is 0 Å². The van der Waals surface area contributed by atoms with Crippen LogP contribution in [-0.4, -0.2) is 26.1 Å². The van der Waals surface area contributed by atoms with Gasteiger partial charge in [0.2, 0.25) is 5.91 Å². The Hall–Kier alpha value is -3.83. The number of non-ortho nitro benzene ring substituents is 1. The van der Waals surface area contributed by atoms with Gasteiger partial charge in [0, 0.05) is 29.6 Å². The Morgan fingerprint density at radius 1 is 1.29 bits per heavy atom. The number of carbonyl (C=O) groups is 1. The maximum absolute atomic E-state index is 14.0. The highest BCUT2D eigenvalue weighted by Crippen LogP contribution is 2.32. The van der Waals surface area contributed by atoms with Crippen molar-refractivity contribution >= 4 is 50.6 Å². The van der Waals surface area contributed by atoms with E-state index in [1.807, 2.05) is 35.7 Å². The number of rotatable bonds is 8. The van der Waals surface area contributed by atoms with Crippen LogP contribution in [0.25, 0.3) is 21.3 Å². The van der Waals surface area contributed by atoms with Crippen LogP contribution in [-0.2, 0) is 11.3 Å². The number of benzene rings is 2. The summed E-state index contributed by atoms with van der Waals surface area (Å²) in [5, 5.41) is 15.9. The van der Waals surface area contributed by atoms with E-state index in [9.17, 15) is 24.1 Å². The summed E-state index contributed by atoms with van der Waals surface area (Å²) in [5.74, 6) is -1.58. The van der Waals surface area contributed by atoms with Crippen LogP contribution in [0.15, 0.2) is 76.5 Å². The number of hydrogen-bond acceptors (Lipinski definition) is 7. The van der Waals surface area contributed by atoms with E-state index in [-0.39, 0.29) is 29.2 Å². The van der Waals surface area contributed by atoms with Gasteiger partial charge in [0.05, 0.1) is 21.7 Å². The summed E-state index contributed by atoms with van der Waals surface area (Å²) in [6.07, 6.45) is 1.56. The summed E-state index contributed by atoms with van der Waals surface area (Å²) in [4.78, 5) is 41.1. The molecule has 2 aromatic carbocycles. The van der Waals surface area contributed by atoms with Crippen LogP contribution in [0.4, 0.5) is 15.8 Å². The van der Waals surface area contributed by atoms with Crippen LogP contribution in [0.3, 0.4) is 0 Å². The molecular formula is C23H17FN4O4S2. The minimum absolute atomic E-state index is 0.186. The van der Waals surface area contributed by atoms with Gasteiger partial charge < -0.3 is 5.32 Å². The highest BCUT2D eigenvalue weighted by molar-refractivity contribution is 7.99. The second kappa shape index (κ2) is 9.98. The predicted octanol–water partition coefficient (Wildman–Crippen LogP) is 5.09. The normalized spacial score (nSPS) is 10.9. The van der Waals surface area contributed by atoms with Gasteiger partial charge in [-0.15, -0.1) is 17.9 Å². The zero-order chi connectivity index (χ0) is 24.2. The zero-order valence-corrected chi connectivity index (χ0v) is 19.2. The number of fused-ring (bicyclic) bond motifs is 1. The van der Waals surface area contributed by atoms with E-state index in [1.165, 1.54) is 15.9 Å². The molecule has 1 amide bonds. The number of amides is 1. The molecule has 0 spiro atoms. The Morgan fingerprint density at radius 2 is 2.06 bits per heavy atom. The Morgan fingerprint density at radius 3 is 2.76 bits per heavy atom. The number of anilines is 1. The van der Waals surface area contributed by atoms with Gasteiger partial charge in [-0.1, -0.05) is 48.2 Å². The van der Waals surface area contributed by atoms with Gasteiger partial charge in [0.15, 0.2) is 5.16 Å². The second-order valence-electron chi connectivity index (χ2n) is 7.05. The topological polar surface area (TPSA) is 107 Å². The Balaban J connectivity index is 1.61. The van der Waals surface area contributed by atoms with Gasteiger partial charge >= 0.3 is 0 Å². The number of nitrogens with zero attached hydrogens (tertiary/aromatic N) is 3. The highest BCUT2D eigenvalue weighted by Gasteiger charge is 2.18. The maximum atomic E-state index is 14.0. The van der Waals surface area contributed by atoms with E-state index in [4.69, 9.17) is 0 Å². The minimum Gasteiger partial charge on any atom is -0.323 e. The van der Waals surface area contributed by atoms with E-state index < -0.39 is 16.6 Å². The van der Waals surface area contributed by atoms with Crippen molar-refractivity contribution in [1.29, 1.82) is 0 Å². The third-order valence-electron chi connectivity index (χ3n) is 4.82. The third kappa shape index (κ3) is 4.75. The molecule has 0 atom stereocenters. The number of carbonyl (C=O) groups excluding carboxylic acids is 1. The standard InChI is InChI=1S/C23H17FN4O4S2/c1-2-10-27-22(30)20-16(14-6-4-3-5-7-14)12-33-21(20)26-23(27)34-13-19(29)25-18-11-15(28(31)32)8-9-17(18)24/h2-9,11-12H,1,10,13H2,(H,25,29). The molecule has 0 saturated carbocycles. The second-order valence-corrected chi connectivity index (χ2v) is 8.85. The molecule has 0 radical (unpaired) electrons. The Bertz CT molecular complexity index is 1470. The van der Waals surface area contributed by atoms with Crippen molar-refractivity contribution < 1.29 is 14.1 Å². The smallest absolute Gasteiger partial charge is 0.271 e. The number of nitro groups is 1. The largest absolute Gasteiger partial charge is 0.323 e. The van der Waals surface area contributed by atoms with Crippen molar-refractivity contribution in [3.05, 3.63) is 92.9 Å². The summed E-state index contributed by atoms with van der Waals surface area (Å²) >= 11 is 2.34. The van der Waals surface area contributed by atoms with Gasteiger partial charge in [-0.2, -0.15) is 0 Å². The Labute approximate surface area is 200 Å². The fourth-order valence-corrected chi connectivity index (χ4v) is 5.07. The first-order chi connectivity index (χ1) is 16.4. The summed E-state index contributed by atoms with van der Waals surface area (Å²) in [6, 6.07) is 12.4. The molecule has 172 valence electrons. The summed E-state index contributed by atoms with van der Waals surface area (Å²) in [6.45, 7) is 3.89. The van der Waals surface area contributed by atoms with Gasteiger partial charge in [0.1, 0.15) is 10.6 Å². The number of nitro benzene ring substituents is 1. The van der Waals surface area contributed by atoms with Gasteiger partial charge in [-0.05, 0) is 11.6 Å². The van der Waals surface area contributed by atoms with Gasteiger partial charge in [0.25, 0.3) is 11.2 Å². The zero-order valence-electron chi connectivity index (χ0n) is 17.6. The van der Waals surface area contributed by atoms with E-state index >= 15 is 0 Å². The lowest BCUT2D eigenvalue weighted by molar-refractivity contribution is -0.384. The first-order valence-corrected chi connectivity index (χ1v) is 11.8.